The highest BCUT2D eigenvalue weighted by Gasteiger charge is 2.51. The molecule has 1 saturated heterocycles. The van der Waals surface area contributed by atoms with E-state index in [4.69, 9.17) is 24.3 Å². The summed E-state index contributed by atoms with van der Waals surface area (Å²) in [5.74, 6) is 0.391. The second-order valence-corrected chi connectivity index (χ2v) is 10.1. The van der Waals surface area contributed by atoms with E-state index in [9.17, 15) is 9.59 Å². The lowest BCUT2D eigenvalue weighted by Crippen LogP contribution is -2.57. The molecular formula is C26H39N3O6. The van der Waals surface area contributed by atoms with Crippen molar-refractivity contribution in [2.75, 3.05) is 26.3 Å². The molecular weight excluding hydrogens is 450 g/mol. The topological polar surface area (TPSA) is 110 Å². The lowest BCUT2D eigenvalue weighted by atomic mass is 9.88. The smallest absolute Gasteiger partial charge is 0.306 e. The van der Waals surface area contributed by atoms with Crippen LogP contribution in [0.2, 0.25) is 0 Å². The molecule has 0 aliphatic carbocycles. The number of amides is 1. The minimum Gasteiger partial charge on any atom is -0.494 e. The van der Waals surface area contributed by atoms with Gasteiger partial charge in [-0.2, -0.15) is 0 Å². The number of esters is 1. The van der Waals surface area contributed by atoms with Crippen LogP contribution in [-0.4, -0.2) is 71.4 Å². The number of hydrogen-bond acceptors (Lipinski definition) is 8. The number of nitrogens with one attached hydrogen (secondary N) is 1. The molecule has 1 amide bonds. The first-order valence-corrected chi connectivity index (χ1v) is 12.5. The molecule has 2 atom stereocenters. The summed E-state index contributed by atoms with van der Waals surface area (Å²) >= 11 is 0. The molecule has 3 rings (SSSR count). The van der Waals surface area contributed by atoms with Crippen molar-refractivity contribution in [3.8, 4) is 5.75 Å². The fourth-order valence-corrected chi connectivity index (χ4v) is 4.18. The van der Waals surface area contributed by atoms with Crippen LogP contribution in [0.3, 0.4) is 0 Å². The number of carbonyl (C=O) groups excluding carboxylic acids is 2. The van der Waals surface area contributed by atoms with E-state index in [2.05, 4.69) is 5.43 Å². The van der Waals surface area contributed by atoms with Gasteiger partial charge >= 0.3 is 5.97 Å². The molecule has 0 radical (unpaired) electrons. The number of hydrogen-bond donors (Lipinski definition) is 2. The number of hydrazine groups is 1. The quantitative estimate of drug-likeness (QED) is 0.384. The predicted octanol–water partition coefficient (Wildman–Crippen LogP) is 2.99. The number of aliphatic hydroxyl groups excluding tert-OH is 1. The highest BCUT2D eigenvalue weighted by molar-refractivity contribution is 6.00. The third-order valence-electron chi connectivity index (χ3n) is 6.07. The molecule has 1 aromatic rings. The Labute approximate surface area is 207 Å². The van der Waals surface area contributed by atoms with Crippen LogP contribution >= 0.6 is 0 Å². The first kappa shape index (κ1) is 26.9. The van der Waals surface area contributed by atoms with Crippen LogP contribution in [0.25, 0.3) is 0 Å². The lowest BCUT2D eigenvalue weighted by Gasteiger charge is -2.33. The maximum Gasteiger partial charge on any atom is 0.306 e. The zero-order valence-electron chi connectivity index (χ0n) is 21.3. The van der Waals surface area contributed by atoms with Crippen LogP contribution < -0.4 is 10.2 Å². The van der Waals surface area contributed by atoms with E-state index >= 15 is 0 Å². The van der Waals surface area contributed by atoms with Gasteiger partial charge in [0.05, 0.1) is 6.61 Å². The van der Waals surface area contributed by atoms with Crippen molar-refractivity contribution >= 4 is 17.8 Å². The standard InChI is InChI=1S/C26H39N3O6/c1-19-26(14-13-22(31)35-25(2,3)4,24(32)28-29-15-6-5-7-16-29)27-23(34-19)20-9-11-21(12-10-20)33-18-8-17-30/h9-12,19,30H,5-8,13-18H2,1-4H3,(H,28,32)/t19-,26-/m0/s1. The molecule has 2 aliphatic heterocycles. The zero-order chi connectivity index (χ0) is 25.5. The summed E-state index contributed by atoms with van der Waals surface area (Å²) in [6.07, 6.45) is 3.42. The first-order chi connectivity index (χ1) is 16.6. The number of rotatable bonds is 10. The Morgan fingerprint density at radius 2 is 1.89 bits per heavy atom. The van der Waals surface area contributed by atoms with Crippen molar-refractivity contribution in [3.63, 3.8) is 0 Å². The third-order valence-corrected chi connectivity index (χ3v) is 6.07. The molecule has 0 unspecified atom stereocenters. The van der Waals surface area contributed by atoms with Gasteiger partial charge in [0.2, 0.25) is 5.90 Å². The number of piperidine rings is 1. The van der Waals surface area contributed by atoms with E-state index in [0.29, 0.717) is 24.7 Å². The predicted molar refractivity (Wildman–Crippen MR) is 132 cm³/mol. The van der Waals surface area contributed by atoms with Crippen LogP contribution in [0.1, 0.15) is 71.8 Å². The van der Waals surface area contributed by atoms with Gasteiger partial charge in [-0.15, -0.1) is 0 Å². The second kappa shape index (κ2) is 11.9. The normalized spacial score (nSPS) is 22.8. The van der Waals surface area contributed by atoms with Crippen molar-refractivity contribution < 1.29 is 28.9 Å². The van der Waals surface area contributed by atoms with Gasteiger partial charge in [0.25, 0.3) is 5.91 Å². The Morgan fingerprint density at radius 3 is 2.51 bits per heavy atom. The zero-order valence-corrected chi connectivity index (χ0v) is 21.3. The summed E-state index contributed by atoms with van der Waals surface area (Å²) in [5.41, 5.74) is 1.89. The minimum atomic E-state index is -1.25. The van der Waals surface area contributed by atoms with E-state index < -0.39 is 17.2 Å². The second-order valence-electron chi connectivity index (χ2n) is 10.1. The number of carbonyl (C=O) groups is 2. The number of benzene rings is 1. The number of ether oxygens (including phenoxy) is 3. The van der Waals surface area contributed by atoms with Gasteiger partial charge in [0.1, 0.15) is 17.5 Å². The molecule has 0 bridgehead atoms. The van der Waals surface area contributed by atoms with Gasteiger partial charge in [-0.25, -0.2) is 10.0 Å². The number of aliphatic imine (C=N–C) groups is 1. The maximum absolute atomic E-state index is 13.6. The summed E-state index contributed by atoms with van der Waals surface area (Å²) in [5, 5.41) is 10.8. The Balaban J connectivity index is 1.80. The van der Waals surface area contributed by atoms with Gasteiger partial charge in [-0.1, -0.05) is 6.42 Å². The Bertz CT molecular complexity index is 889. The molecule has 0 spiro atoms. The molecule has 2 N–H and O–H groups in total. The van der Waals surface area contributed by atoms with Crippen molar-refractivity contribution in [3.05, 3.63) is 29.8 Å². The SMILES string of the molecule is C[C@@H]1OC(c2ccc(OCCCO)cc2)=N[C@]1(CCC(=O)OC(C)(C)C)C(=O)NN1CCCCC1. The lowest BCUT2D eigenvalue weighted by molar-refractivity contribution is -0.155. The maximum atomic E-state index is 13.6. The van der Waals surface area contributed by atoms with Crippen molar-refractivity contribution in [1.82, 2.24) is 10.4 Å². The van der Waals surface area contributed by atoms with Crippen molar-refractivity contribution in [2.24, 2.45) is 4.99 Å². The van der Waals surface area contributed by atoms with Crippen molar-refractivity contribution in [2.45, 2.75) is 83.5 Å². The van der Waals surface area contributed by atoms with Gasteiger partial charge in [-0.3, -0.25) is 15.0 Å². The molecule has 2 aliphatic rings. The fraction of sp³-hybridized carbons (Fsp3) is 0.654. The van der Waals surface area contributed by atoms with Crippen LogP contribution in [0, 0.1) is 0 Å². The third kappa shape index (κ3) is 7.41. The molecule has 9 heteroatoms. The van der Waals surface area contributed by atoms with Crippen LogP contribution in [0.5, 0.6) is 5.75 Å². The van der Waals surface area contributed by atoms with Gasteiger partial charge in [0, 0.05) is 38.1 Å². The fourth-order valence-electron chi connectivity index (χ4n) is 4.18. The molecule has 194 valence electrons. The molecule has 9 nitrogen and oxygen atoms in total. The van der Waals surface area contributed by atoms with E-state index in [-0.39, 0.29) is 31.3 Å². The molecule has 0 saturated carbocycles. The molecule has 1 aromatic carbocycles. The molecule has 2 heterocycles. The summed E-state index contributed by atoms with van der Waals surface area (Å²) in [4.78, 5) is 30.9. The molecule has 35 heavy (non-hydrogen) atoms. The summed E-state index contributed by atoms with van der Waals surface area (Å²) in [6, 6.07) is 7.26. The summed E-state index contributed by atoms with van der Waals surface area (Å²) in [6.45, 7) is 9.35. The van der Waals surface area contributed by atoms with E-state index in [0.717, 1.165) is 37.9 Å². The number of aliphatic hydroxyl groups is 1. The van der Waals surface area contributed by atoms with Crippen molar-refractivity contribution in [1.29, 1.82) is 0 Å². The van der Waals surface area contributed by atoms with Crippen LogP contribution in [0.4, 0.5) is 0 Å². The van der Waals surface area contributed by atoms with Crippen LogP contribution in [-0.2, 0) is 19.1 Å². The first-order valence-electron chi connectivity index (χ1n) is 12.5. The van der Waals surface area contributed by atoms with E-state index in [1.165, 1.54) is 0 Å². The number of nitrogens with zero attached hydrogens (tertiary/aromatic N) is 2. The largest absolute Gasteiger partial charge is 0.494 e. The Hall–Kier alpha value is -2.65. The minimum absolute atomic E-state index is 0.0484. The average Bonchev–Trinajstić information content (AvgIpc) is 3.15. The van der Waals surface area contributed by atoms with Crippen LogP contribution in [0.15, 0.2) is 29.3 Å². The Kier molecular flexibility index (Phi) is 9.13. The Morgan fingerprint density at radius 1 is 1.20 bits per heavy atom. The average molecular weight is 490 g/mol. The van der Waals surface area contributed by atoms with E-state index in [1.807, 2.05) is 44.8 Å². The summed E-state index contributed by atoms with van der Waals surface area (Å²) in [7, 11) is 0. The molecule has 1 fully saturated rings. The highest BCUT2D eigenvalue weighted by atomic mass is 16.6. The van der Waals surface area contributed by atoms with Gasteiger partial charge < -0.3 is 19.3 Å². The van der Waals surface area contributed by atoms with Gasteiger partial charge in [-0.05, 0) is 71.2 Å². The van der Waals surface area contributed by atoms with E-state index in [1.54, 1.807) is 12.1 Å². The molecule has 0 aromatic heterocycles. The van der Waals surface area contributed by atoms with Gasteiger partial charge in [0.15, 0.2) is 5.54 Å². The monoisotopic (exact) mass is 489 g/mol. The highest BCUT2D eigenvalue weighted by Crippen LogP contribution is 2.34. The summed E-state index contributed by atoms with van der Waals surface area (Å²) < 4.78 is 17.2.